The number of nitrogens with one attached hydrogen (secondary N) is 1. The Balaban J connectivity index is 1.57. The molecule has 4 nitrogen and oxygen atoms in total. The maximum Gasteiger partial charge on any atom is 0.416 e. The summed E-state index contributed by atoms with van der Waals surface area (Å²) in [6.07, 6.45) is -2.77. The van der Waals surface area contributed by atoms with E-state index in [1.807, 2.05) is 30.3 Å². The van der Waals surface area contributed by atoms with Crippen molar-refractivity contribution >= 4 is 17.5 Å². The number of rotatable bonds is 4. The minimum Gasteiger partial charge on any atom is -0.342 e. The van der Waals surface area contributed by atoms with Crippen LogP contribution < -0.4 is 5.32 Å². The monoisotopic (exact) mass is 390 g/mol. The SMILES string of the molecule is O=C(Nc1ccc(C(F)(F)F)cc1)C1CCCN(C(=O)Cc2ccccc2)C1. The molecule has 0 radical (unpaired) electrons. The molecule has 0 aliphatic carbocycles. The van der Waals surface area contributed by atoms with Crippen molar-refractivity contribution in [1.82, 2.24) is 4.90 Å². The van der Waals surface area contributed by atoms with Gasteiger partial charge in [-0.3, -0.25) is 9.59 Å². The largest absolute Gasteiger partial charge is 0.416 e. The van der Waals surface area contributed by atoms with Gasteiger partial charge in [0.25, 0.3) is 0 Å². The molecule has 3 rings (SSSR count). The van der Waals surface area contributed by atoms with Gasteiger partial charge < -0.3 is 10.2 Å². The fourth-order valence-corrected chi connectivity index (χ4v) is 3.29. The number of benzene rings is 2. The Morgan fingerprint density at radius 1 is 1.04 bits per heavy atom. The maximum atomic E-state index is 12.6. The average molecular weight is 390 g/mol. The van der Waals surface area contributed by atoms with Crippen LogP contribution in [0.4, 0.5) is 18.9 Å². The molecule has 7 heteroatoms. The lowest BCUT2D eigenvalue weighted by Gasteiger charge is -2.32. The summed E-state index contributed by atoms with van der Waals surface area (Å²) in [6, 6.07) is 13.8. The summed E-state index contributed by atoms with van der Waals surface area (Å²) in [5.74, 6) is -0.689. The van der Waals surface area contributed by atoms with Crippen LogP contribution in [0.2, 0.25) is 0 Å². The highest BCUT2D eigenvalue weighted by atomic mass is 19.4. The van der Waals surface area contributed by atoms with E-state index in [9.17, 15) is 22.8 Å². The Bertz CT molecular complexity index is 820. The highest BCUT2D eigenvalue weighted by Crippen LogP contribution is 2.30. The minimum atomic E-state index is -4.41. The molecular weight excluding hydrogens is 369 g/mol. The molecule has 1 fully saturated rings. The van der Waals surface area contributed by atoms with Crippen molar-refractivity contribution in [2.75, 3.05) is 18.4 Å². The van der Waals surface area contributed by atoms with E-state index in [1.165, 1.54) is 12.1 Å². The van der Waals surface area contributed by atoms with Gasteiger partial charge in [-0.2, -0.15) is 13.2 Å². The van der Waals surface area contributed by atoms with E-state index >= 15 is 0 Å². The van der Waals surface area contributed by atoms with Crippen LogP contribution in [0, 0.1) is 5.92 Å². The molecule has 1 heterocycles. The lowest BCUT2D eigenvalue weighted by Crippen LogP contribution is -2.44. The van der Waals surface area contributed by atoms with Gasteiger partial charge in [-0.1, -0.05) is 30.3 Å². The van der Waals surface area contributed by atoms with Gasteiger partial charge in [0.1, 0.15) is 0 Å². The second-order valence-electron chi connectivity index (χ2n) is 6.91. The normalized spacial score (nSPS) is 17.2. The zero-order valence-corrected chi connectivity index (χ0v) is 15.2. The van der Waals surface area contributed by atoms with E-state index in [0.29, 0.717) is 31.6 Å². The molecule has 2 amide bonds. The molecule has 148 valence electrons. The van der Waals surface area contributed by atoms with Crippen molar-refractivity contribution < 1.29 is 22.8 Å². The van der Waals surface area contributed by atoms with Gasteiger partial charge in [0.15, 0.2) is 0 Å². The van der Waals surface area contributed by atoms with Gasteiger partial charge in [0.05, 0.1) is 17.9 Å². The minimum absolute atomic E-state index is 0.0294. The van der Waals surface area contributed by atoms with E-state index in [-0.39, 0.29) is 24.2 Å². The van der Waals surface area contributed by atoms with Crippen molar-refractivity contribution in [3.63, 3.8) is 0 Å². The molecule has 28 heavy (non-hydrogen) atoms. The van der Waals surface area contributed by atoms with Gasteiger partial charge in [-0.05, 0) is 42.7 Å². The van der Waals surface area contributed by atoms with Crippen molar-refractivity contribution in [2.24, 2.45) is 5.92 Å². The van der Waals surface area contributed by atoms with Crippen LogP contribution in [0.5, 0.6) is 0 Å². The summed E-state index contributed by atoms with van der Waals surface area (Å²) in [6.45, 7) is 0.924. The summed E-state index contributed by atoms with van der Waals surface area (Å²) in [7, 11) is 0. The third-order valence-electron chi connectivity index (χ3n) is 4.82. The third-order valence-corrected chi connectivity index (χ3v) is 4.82. The van der Waals surface area contributed by atoms with Crippen molar-refractivity contribution in [1.29, 1.82) is 0 Å². The molecule has 0 bridgehead atoms. The standard InChI is InChI=1S/C21H21F3N2O2/c22-21(23,24)17-8-10-18(11-9-17)25-20(28)16-7-4-12-26(14-16)19(27)13-15-5-2-1-3-6-15/h1-3,5-6,8-11,16H,4,7,12-14H2,(H,25,28). The first-order valence-corrected chi connectivity index (χ1v) is 9.13. The molecule has 1 atom stereocenters. The van der Waals surface area contributed by atoms with Gasteiger partial charge in [0.2, 0.25) is 11.8 Å². The van der Waals surface area contributed by atoms with E-state index in [2.05, 4.69) is 5.32 Å². The lowest BCUT2D eigenvalue weighted by atomic mass is 9.96. The van der Waals surface area contributed by atoms with Gasteiger partial charge >= 0.3 is 6.18 Å². The number of halogens is 3. The molecule has 0 saturated carbocycles. The molecule has 1 unspecified atom stereocenters. The van der Waals surface area contributed by atoms with Crippen LogP contribution in [0.25, 0.3) is 0 Å². The highest BCUT2D eigenvalue weighted by molar-refractivity contribution is 5.93. The Kier molecular flexibility index (Phi) is 6.02. The highest BCUT2D eigenvalue weighted by Gasteiger charge is 2.31. The van der Waals surface area contributed by atoms with Crippen LogP contribution in [0.1, 0.15) is 24.0 Å². The Hall–Kier alpha value is -2.83. The summed E-state index contributed by atoms with van der Waals surface area (Å²) in [5, 5.41) is 2.66. The van der Waals surface area contributed by atoms with Crippen LogP contribution in [0.3, 0.4) is 0 Å². The summed E-state index contributed by atoms with van der Waals surface area (Å²) < 4.78 is 37.9. The zero-order valence-electron chi connectivity index (χ0n) is 15.2. The smallest absolute Gasteiger partial charge is 0.342 e. The number of piperidine rings is 1. The number of alkyl halides is 3. The summed E-state index contributed by atoms with van der Waals surface area (Å²) in [5.41, 5.74) is 0.468. The van der Waals surface area contributed by atoms with Crippen molar-refractivity contribution in [3.05, 3.63) is 65.7 Å². The Morgan fingerprint density at radius 2 is 1.71 bits per heavy atom. The third kappa shape index (κ3) is 5.12. The predicted molar refractivity (Wildman–Crippen MR) is 99.5 cm³/mol. The van der Waals surface area contributed by atoms with Crippen LogP contribution >= 0.6 is 0 Å². The number of carbonyl (C=O) groups excluding carboxylic acids is 2. The molecule has 1 aliphatic rings. The fourth-order valence-electron chi connectivity index (χ4n) is 3.29. The van der Waals surface area contributed by atoms with Gasteiger partial charge in [-0.15, -0.1) is 0 Å². The molecule has 1 saturated heterocycles. The second kappa shape index (κ2) is 8.46. The van der Waals surface area contributed by atoms with Gasteiger partial charge in [-0.25, -0.2) is 0 Å². The van der Waals surface area contributed by atoms with Crippen molar-refractivity contribution in [3.8, 4) is 0 Å². The molecule has 1 aliphatic heterocycles. The lowest BCUT2D eigenvalue weighted by molar-refractivity contribution is -0.137. The molecule has 1 N–H and O–H groups in total. The summed E-state index contributed by atoms with van der Waals surface area (Å²) in [4.78, 5) is 26.7. The zero-order chi connectivity index (χ0) is 20.1. The molecular formula is C21H21F3N2O2. The fraction of sp³-hybridized carbons (Fsp3) is 0.333. The number of likely N-dealkylation sites (tertiary alicyclic amines) is 1. The topological polar surface area (TPSA) is 49.4 Å². The number of hydrogen-bond acceptors (Lipinski definition) is 2. The molecule has 2 aromatic carbocycles. The molecule has 0 spiro atoms. The Morgan fingerprint density at radius 3 is 2.36 bits per heavy atom. The summed E-state index contributed by atoms with van der Waals surface area (Å²) >= 11 is 0. The van der Waals surface area contributed by atoms with Crippen LogP contribution in [-0.4, -0.2) is 29.8 Å². The number of anilines is 1. The predicted octanol–water partition coefficient (Wildman–Crippen LogP) is 4.13. The number of nitrogens with zero attached hydrogens (tertiary/aromatic N) is 1. The van der Waals surface area contributed by atoms with Crippen LogP contribution in [0.15, 0.2) is 54.6 Å². The Labute approximate surface area is 161 Å². The van der Waals surface area contributed by atoms with E-state index < -0.39 is 11.7 Å². The first-order valence-electron chi connectivity index (χ1n) is 9.13. The number of carbonyl (C=O) groups is 2. The first kappa shape index (κ1) is 19.9. The van der Waals surface area contributed by atoms with E-state index in [1.54, 1.807) is 4.90 Å². The van der Waals surface area contributed by atoms with Gasteiger partial charge in [0, 0.05) is 18.8 Å². The number of amides is 2. The van der Waals surface area contributed by atoms with Crippen LogP contribution in [-0.2, 0) is 22.2 Å². The number of hydrogen-bond donors (Lipinski definition) is 1. The second-order valence-corrected chi connectivity index (χ2v) is 6.91. The molecule has 2 aromatic rings. The maximum absolute atomic E-state index is 12.6. The van der Waals surface area contributed by atoms with Crippen molar-refractivity contribution in [2.45, 2.75) is 25.4 Å². The first-order chi connectivity index (χ1) is 13.3. The van der Waals surface area contributed by atoms with E-state index in [4.69, 9.17) is 0 Å². The molecule has 0 aromatic heterocycles. The quantitative estimate of drug-likeness (QED) is 0.854. The van der Waals surface area contributed by atoms with E-state index in [0.717, 1.165) is 17.7 Å². The average Bonchev–Trinajstić information content (AvgIpc) is 2.68.